The van der Waals surface area contributed by atoms with Crippen molar-refractivity contribution in [1.29, 1.82) is 0 Å². The van der Waals surface area contributed by atoms with Crippen LogP contribution in [0, 0.1) is 0 Å². The molecule has 0 amide bonds. The molecule has 0 spiro atoms. The lowest BCUT2D eigenvalue weighted by Gasteiger charge is -2.34. The summed E-state index contributed by atoms with van der Waals surface area (Å²) >= 11 is 0. The molecule has 118 valence electrons. The number of hydrogen-bond acceptors (Lipinski definition) is 2. The van der Waals surface area contributed by atoms with Gasteiger partial charge in [0.1, 0.15) is 0 Å². The first-order chi connectivity index (χ1) is 10.3. The number of likely N-dealkylation sites (tertiary alicyclic amines) is 1. The van der Waals surface area contributed by atoms with Crippen LogP contribution in [0.4, 0.5) is 0 Å². The predicted octanol–water partition coefficient (Wildman–Crippen LogP) is 4.38. The Morgan fingerprint density at radius 2 is 1.81 bits per heavy atom. The van der Waals surface area contributed by atoms with Gasteiger partial charge in [-0.3, -0.25) is 0 Å². The van der Waals surface area contributed by atoms with E-state index < -0.39 is 0 Å². The van der Waals surface area contributed by atoms with Crippen LogP contribution >= 0.6 is 0 Å². The number of piperidine rings is 1. The molecule has 1 aromatic rings. The molecule has 1 aliphatic rings. The third-order valence-electron chi connectivity index (χ3n) is 4.63. The fraction of sp³-hybridized carbons (Fsp3) is 0.684. The number of benzene rings is 1. The highest BCUT2D eigenvalue weighted by molar-refractivity contribution is 5.19. The second kappa shape index (κ2) is 9.22. The zero-order valence-corrected chi connectivity index (χ0v) is 13.9. The Labute approximate surface area is 130 Å². The minimum absolute atomic E-state index is 0.531. The average Bonchev–Trinajstić information content (AvgIpc) is 2.54. The van der Waals surface area contributed by atoms with Crippen molar-refractivity contribution in [3.63, 3.8) is 0 Å². The summed E-state index contributed by atoms with van der Waals surface area (Å²) in [7, 11) is 0. The second-order valence-corrected chi connectivity index (χ2v) is 6.39. The topological polar surface area (TPSA) is 15.3 Å². The Balaban J connectivity index is 1.82. The van der Waals surface area contributed by atoms with Gasteiger partial charge in [-0.25, -0.2) is 0 Å². The molecule has 0 aliphatic carbocycles. The molecule has 2 heteroatoms. The van der Waals surface area contributed by atoms with Crippen molar-refractivity contribution in [3.05, 3.63) is 35.9 Å². The Hall–Kier alpha value is -0.860. The van der Waals surface area contributed by atoms with Gasteiger partial charge in [-0.05, 0) is 50.9 Å². The summed E-state index contributed by atoms with van der Waals surface area (Å²) in [5.41, 5.74) is 1.45. The van der Waals surface area contributed by atoms with Crippen molar-refractivity contribution in [2.75, 3.05) is 19.6 Å². The van der Waals surface area contributed by atoms with Gasteiger partial charge in [-0.2, -0.15) is 0 Å². The molecule has 1 aliphatic heterocycles. The predicted molar refractivity (Wildman–Crippen MR) is 91.6 cm³/mol. The van der Waals surface area contributed by atoms with Crippen molar-refractivity contribution in [3.8, 4) is 0 Å². The number of rotatable bonds is 8. The highest BCUT2D eigenvalue weighted by Crippen LogP contribution is 2.21. The second-order valence-electron chi connectivity index (χ2n) is 6.39. The highest BCUT2D eigenvalue weighted by atomic mass is 15.1. The fourth-order valence-corrected chi connectivity index (χ4v) is 3.31. The van der Waals surface area contributed by atoms with Gasteiger partial charge in [0.15, 0.2) is 0 Å². The maximum atomic E-state index is 3.92. The minimum atomic E-state index is 0.531. The van der Waals surface area contributed by atoms with E-state index in [1.165, 1.54) is 63.7 Å². The number of unbranched alkanes of at least 4 members (excludes halogenated alkanes) is 1. The summed E-state index contributed by atoms with van der Waals surface area (Å²) in [4.78, 5) is 2.64. The lowest BCUT2D eigenvalue weighted by atomic mass is 9.98. The smallest absolute Gasteiger partial charge is 0.0322 e. The van der Waals surface area contributed by atoms with Crippen molar-refractivity contribution in [1.82, 2.24) is 10.2 Å². The summed E-state index contributed by atoms with van der Waals surface area (Å²) in [5, 5.41) is 3.92. The van der Waals surface area contributed by atoms with E-state index in [1.807, 2.05) is 0 Å². The molecule has 1 aromatic carbocycles. The van der Waals surface area contributed by atoms with Gasteiger partial charge >= 0.3 is 0 Å². The van der Waals surface area contributed by atoms with Crippen molar-refractivity contribution >= 4 is 0 Å². The van der Waals surface area contributed by atoms with E-state index in [4.69, 9.17) is 0 Å². The van der Waals surface area contributed by atoms with Gasteiger partial charge in [0.25, 0.3) is 0 Å². The molecule has 1 unspecified atom stereocenters. The standard InChI is InChI=1S/C19H32N2/c1-3-5-14-21-15-12-18(13-16-21)20-19(9-4-2)17-10-7-6-8-11-17/h6-8,10-11,18-20H,3-5,9,12-16H2,1-2H3. The lowest BCUT2D eigenvalue weighted by molar-refractivity contribution is 0.187. The van der Waals surface area contributed by atoms with Gasteiger partial charge in [0, 0.05) is 12.1 Å². The van der Waals surface area contributed by atoms with Gasteiger partial charge < -0.3 is 10.2 Å². The van der Waals surface area contributed by atoms with E-state index in [0.717, 1.165) is 0 Å². The van der Waals surface area contributed by atoms with Gasteiger partial charge in [0.2, 0.25) is 0 Å². The fourth-order valence-electron chi connectivity index (χ4n) is 3.31. The molecule has 1 atom stereocenters. The summed E-state index contributed by atoms with van der Waals surface area (Å²) in [6, 6.07) is 12.2. The summed E-state index contributed by atoms with van der Waals surface area (Å²) in [6.45, 7) is 8.39. The molecule has 2 nitrogen and oxygen atoms in total. The van der Waals surface area contributed by atoms with E-state index in [-0.39, 0.29) is 0 Å². The largest absolute Gasteiger partial charge is 0.307 e. The van der Waals surface area contributed by atoms with Crippen LogP contribution in [0.25, 0.3) is 0 Å². The van der Waals surface area contributed by atoms with Crippen LogP contribution in [0.2, 0.25) is 0 Å². The number of nitrogens with one attached hydrogen (secondary N) is 1. The molecule has 0 aromatic heterocycles. The molecule has 0 radical (unpaired) electrons. The normalized spacial score (nSPS) is 18.8. The summed E-state index contributed by atoms with van der Waals surface area (Å²) in [6.07, 6.45) is 7.74. The van der Waals surface area contributed by atoms with Crippen LogP contribution in [0.3, 0.4) is 0 Å². The monoisotopic (exact) mass is 288 g/mol. The van der Waals surface area contributed by atoms with Crippen LogP contribution in [-0.2, 0) is 0 Å². The van der Waals surface area contributed by atoms with E-state index in [0.29, 0.717) is 12.1 Å². The minimum Gasteiger partial charge on any atom is -0.307 e. The first kappa shape index (κ1) is 16.5. The SMILES string of the molecule is CCCCN1CCC(NC(CCC)c2ccccc2)CC1. The Morgan fingerprint density at radius 1 is 1.10 bits per heavy atom. The first-order valence-corrected chi connectivity index (χ1v) is 8.86. The molecule has 1 saturated heterocycles. The molecular formula is C19H32N2. The Morgan fingerprint density at radius 3 is 2.43 bits per heavy atom. The zero-order chi connectivity index (χ0) is 14.9. The molecule has 1 N–H and O–H groups in total. The molecule has 21 heavy (non-hydrogen) atoms. The van der Waals surface area contributed by atoms with Gasteiger partial charge in [-0.15, -0.1) is 0 Å². The third kappa shape index (κ3) is 5.44. The molecule has 0 saturated carbocycles. The lowest BCUT2D eigenvalue weighted by Crippen LogP contribution is -2.43. The van der Waals surface area contributed by atoms with Crippen molar-refractivity contribution in [2.24, 2.45) is 0 Å². The first-order valence-electron chi connectivity index (χ1n) is 8.86. The molecule has 0 bridgehead atoms. The van der Waals surface area contributed by atoms with Gasteiger partial charge in [0.05, 0.1) is 0 Å². The van der Waals surface area contributed by atoms with Crippen LogP contribution < -0.4 is 5.32 Å². The molecule has 1 heterocycles. The van der Waals surface area contributed by atoms with Crippen LogP contribution in [0.5, 0.6) is 0 Å². The number of nitrogens with zero attached hydrogens (tertiary/aromatic N) is 1. The maximum absolute atomic E-state index is 3.92. The molecular weight excluding hydrogens is 256 g/mol. The van der Waals surface area contributed by atoms with E-state index in [2.05, 4.69) is 54.4 Å². The van der Waals surface area contributed by atoms with E-state index in [9.17, 15) is 0 Å². The van der Waals surface area contributed by atoms with Crippen LogP contribution in [0.1, 0.15) is 64.0 Å². The number of hydrogen-bond donors (Lipinski definition) is 1. The zero-order valence-electron chi connectivity index (χ0n) is 13.9. The maximum Gasteiger partial charge on any atom is 0.0322 e. The van der Waals surface area contributed by atoms with Crippen molar-refractivity contribution in [2.45, 2.75) is 64.5 Å². The molecule has 1 fully saturated rings. The van der Waals surface area contributed by atoms with Gasteiger partial charge in [-0.1, -0.05) is 57.0 Å². The highest BCUT2D eigenvalue weighted by Gasteiger charge is 2.21. The van der Waals surface area contributed by atoms with E-state index >= 15 is 0 Å². The summed E-state index contributed by atoms with van der Waals surface area (Å²) < 4.78 is 0. The Bertz CT molecular complexity index is 368. The van der Waals surface area contributed by atoms with Crippen molar-refractivity contribution < 1.29 is 0 Å². The van der Waals surface area contributed by atoms with Crippen LogP contribution in [0.15, 0.2) is 30.3 Å². The third-order valence-corrected chi connectivity index (χ3v) is 4.63. The summed E-state index contributed by atoms with van der Waals surface area (Å²) in [5.74, 6) is 0. The van der Waals surface area contributed by atoms with Crippen LogP contribution in [-0.4, -0.2) is 30.6 Å². The molecule has 2 rings (SSSR count). The Kier molecular flexibility index (Phi) is 7.25. The average molecular weight is 288 g/mol. The quantitative estimate of drug-likeness (QED) is 0.763. The van der Waals surface area contributed by atoms with E-state index in [1.54, 1.807) is 0 Å².